The monoisotopic (exact) mass is 303 g/mol. The van der Waals surface area contributed by atoms with Crippen molar-refractivity contribution in [3.05, 3.63) is 65.2 Å². The van der Waals surface area contributed by atoms with Crippen LogP contribution < -0.4 is 4.90 Å². The summed E-state index contributed by atoms with van der Waals surface area (Å²) < 4.78 is 0. The highest BCUT2D eigenvalue weighted by molar-refractivity contribution is 5.96. The second-order valence-corrected chi connectivity index (χ2v) is 5.12. The molecule has 0 atom stereocenters. The summed E-state index contributed by atoms with van der Waals surface area (Å²) in [6.45, 7) is 4.82. The second-order valence-electron chi connectivity index (χ2n) is 5.12. The second kappa shape index (κ2) is 7.84. The molecule has 2 aromatic rings. The van der Waals surface area contributed by atoms with Crippen molar-refractivity contribution in [1.82, 2.24) is 0 Å². The molecular weight excluding hydrogens is 282 g/mol. The van der Waals surface area contributed by atoms with Crippen LogP contribution in [-0.2, 0) is 6.54 Å². The van der Waals surface area contributed by atoms with Gasteiger partial charge in [-0.2, -0.15) is 0 Å². The molecule has 2 rings (SSSR count). The molecule has 0 N–H and O–H groups in total. The number of anilines is 1. The number of carbonyl (C=O) groups excluding carboxylic acids is 1. The van der Waals surface area contributed by atoms with E-state index in [1.54, 1.807) is 0 Å². The molecule has 112 valence electrons. The van der Waals surface area contributed by atoms with Crippen LogP contribution in [0.2, 0.25) is 0 Å². The molecule has 0 bridgehead atoms. The van der Waals surface area contributed by atoms with Crippen molar-refractivity contribution in [3.63, 3.8) is 0 Å². The molecular formula is C18H22ClNO. The highest BCUT2D eigenvalue weighted by atomic mass is 35.5. The molecule has 0 aliphatic carbocycles. The minimum Gasteiger partial charge on any atom is -0.370 e. The van der Waals surface area contributed by atoms with Crippen LogP contribution in [0.15, 0.2) is 48.5 Å². The van der Waals surface area contributed by atoms with Gasteiger partial charge in [-0.1, -0.05) is 49.4 Å². The summed E-state index contributed by atoms with van der Waals surface area (Å²) in [4.78, 5) is 14.0. The van der Waals surface area contributed by atoms with E-state index in [2.05, 4.69) is 31.0 Å². The molecule has 0 saturated carbocycles. The molecule has 0 aromatic heterocycles. The van der Waals surface area contributed by atoms with Gasteiger partial charge >= 0.3 is 0 Å². The van der Waals surface area contributed by atoms with Crippen LogP contribution in [0.4, 0.5) is 5.69 Å². The van der Waals surface area contributed by atoms with Crippen LogP contribution >= 0.6 is 12.4 Å². The van der Waals surface area contributed by atoms with Crippen LogP contribution in [-0.4, -0.2) is 12.8 Å². The Labute approximate surface area is 133 Å². The topological polar surface area (TPSA) is 20.3 Å². The van der Waals surface area contributed by atoms with E-state index in [-0.39, 0.29) is 18.2 Å². The maximum Gasteiger partial charge on any atom is 0.162 e. The van der Waals surface area contributed by atoms with Crippen LogP contribution in [0.3, 0.4) is 0 Å². The minimum absolute atomic E-state index is 0. The van der Waals surface area contributed by atoms with Crippen LogP contribution in [0.25, 0.3) is 0 Å². The summed E-state index contributed by atoms with van der Waals surface area (Å²) in [6, 6.07) is 16.3. The maximum absolute atomic E-state index is 11.8. The van der Waals surface area contributed by atoms with E-state index in [9.17, 15) is 4.79 Å². The summed E-state index contributed by atoms with van der Waals surface area (Å²) in [5.41, 5.74) is 4.37. The Bertz CT molecular complexity index is 595. The number of ketones is 1. The Kier molecular flexibility index (Phi) is 6.44. The highest BCUT2D eigenvalue weighted by Crippen LogP contribution is 2.23. The number of Topliss-reactive ketones (excluding diaryl/α,β-unsaturated/α-hetero) is 1. The summed E-state index contributed by atoms with van der Waals surface area (Å²) in [5, 5.41) is 0. The average molecular weight is 304 g/mol. The molecule has 0 heterocycles. The Morgan fingerprint density at radius 2 is 1.76 bits per heavy atom. The fraction of sp³-hybridized carbons (Fsp3) is 0.278. The van der Waals surface area contributed by atoms with E-state index in [4.69, 9.17) is 0 Å². The van der Waals surface area contributed by atoms with Crippen molar-refractivity contribution >= 4 is 23.9 Å². The lowest BCUT2D eigenvalue weighted by molar-refractivity contribution is 0.0988. The predicted molar refractivity (Wildman–Crippen MR) is 91.6 cm³/mol. The molecule has 2 nitrogen and oxygen atoms in total. The largest absolute Gasteiger partial charge is 0.370 e. The number of hydrogen-bond acceptors (Lipinski definition) is 2. The van der Waals surface area contributed by atoms with Gasteiger partial charge in [0.05, 0.1) is 0 Å². The fourth-order valence-corrected chi connectivity index (χ4v) is 2.34. The van der Waals surface area contributed by atoms with Gasteiger partial charge in [0.1, 0.15) is 0 Å². The molecule has 0 aliphatic rings. The molecule has 3 heteroatoms. The van der Waals surface area contributed by atoms with Gasteiger partial charge in [0.2, 0.25) is 0 Å². The Hall–Kier alpha value is -1.80. The van der Waals surface area contributed by atoms with Crippen molar-refractivity contribution in [2.75, 3.05) is 11.9 Å². The number of benzene rings is 2. The molecule has 0 unspecified atom stereocenters. The minimum atomic E-state index is 0. The van der Waals surface area contributed by atoms with Gasteiger partial charge in [-0.25, -0.2) is 0 Å². The molecule has 0 spiro atoms. The van der Waals surface area contributed by atoms with Crippen molar-refractivity contribution in [3.8, 4) is 0 Å². The molecule has 0 aliphatic heterocycles. The lowest BCUT2D eigenvalue weighted by Crippen LogP contribution is -2.18. The lowest BCUT2D eigenvalue weighted by Gasteiger charge is -2.22. The third-order valence-corrected chi connectivity index (χ3v) is 3.53. The predicted octanol–water partition coefficient (Wildman–Crippen LogP) is 4.65. The number of halogens is 1. The van der Waals surface area contributed by atoms with Gasteiger partial charge in [0.25, 0.3) is 0 Å². The Balaban J connectivity index is 0.00000220. The molecule has 0 amide bonds. The van der Waals surface area contributed by atoms with Crippen LogP contribution in [0.5, 0.6) is 0 Å². The molecule has 0 saturated heterocycles. The van der Waals surface area contributed by atoms with E-state index in [1.807, 2.05) is 43.3 Å². The quantitative estimate of drug-likeness (QED) is 0.750. The van der Waals surface area contributed by atoms with E-state index >= 15 is 0 Å². The number of hydrogen-bond donors (Lipinski definition) is 0. The lowest BCUT2D eigenvalue weighted by atomic mass is 10.0. The van der Waals surface area contributed by atoms with Gasteiger partial charge in [0.15, 0.2) is 5.78 Å². The zero-order valence-corrected chi connectivity index (χ0v) is 13.6. The Morgan fingerprint density at radius 3 is 2.38 bits per heavy atom. The van der Waals surface area contributed by atoms with Gasteiger partial charge in [0, 0.05) is 31.3 Å². The summed E-state index contributed by atoms with van der Waals surface area (Å²) >= 11 is 0. The third kappa shape index (κ3) is 4.33. The normalized spacial score (nSPS) is 9.86. The first-order valence-electron chi connectivity index (χ1n) is 7.00. The molecule has 0 radical (unpaired) electrons. The molecule has 2 aromatic carbocycles. The van der Waals surface area contributed by atoms with Crippen molar-refractivity contribution in [2.45, 2.75) is 26.8 Å². The van der Waals surface area contributed by atoms with E-state index < -0.39 is 0 Å². The molecule has 21 heavy (non-hydrogen) atoms. The third-order valence-electron chi connectivity index (χ3n) is 3.53. The smallest absolute Gasteiger partial charge is 0.162 e. The Morgan fingerprint density at radius 1 is 1.10 bits per heavy atom. The number of nitrogens with zero attached hydrogens (tertiary/aromatic N) is 1. The first kappa shape index (κ1) is 17.3. The zero-order chi connectivity index (χ0) is 14.5. The summed E-state index contributed by atoms with van der Waals surface area (Å²) in [5.74, 6) is 0.194. The number of carbonyl (C=O) groups is 1. The van der Waals surface area contributed by atoms with Gasteiger partial charge in [-0.05, 0) is 24.1 Å². The number of rotatable bonds is 5. The van der Waals surface area contributed by atoms with Crippen molar-refractivity contribution in [1.29, 1.82) is 0 Å². The highest BCUT2D eigenvalue weighted by Gasteiger charge is 2.09. The van der Waals surface area contributed by atoms with E-state index in [0.717, 1.165) is 17.8 Å². The fourth-order valence-electron chi connectivity index (χ4n) is 2.34. The van der Waals surface area contributed by atoms with E-state index in [1.165, 1.54) is 11.1 Å². The number of aryl methyl sites for hydroxylation is 1. The first-order chi connectivity index (χ1) is 9.61. The maximum atomic E-state index is 11.8. The zero-order valence-electron chi connectivity index (χ0n) is 12.8. The SMILES string of the molecule is CCC(=O)c1ccc(C)c(N(C)Cc2ccccc2)c1.Cl. The van der Waals surface area contributed by atoms with Gasteiger partial charge in [-0.15, -0.1) is 12.4 Å². The average Bonchev–Trinajstić information content (AvgIpc) is 2.48. The van der Waals surface area contributed by atoms with E-state index in [0.29, 0.717) is 6.42 Å². The van der Waals surface area contributed by atoms with Crippen molar-refractivity contribution in [2.24, 2.45) is 0 Å². The first-order valence-corrected chi connectivity index (χ1v) is 7.00. The van der Waals surface area contributed by atoms with Crippen LogP contribution in [0, 0.1) is 6.92 Å². The van der Waals surface area contributed by atoms with Crippen LogP contribution in [0.1, 0.15) is 34.8 Å². The standard InChI is InChI=1S/C18H21NO.ClH/c1-4-18(20)16-11-10-14(2)17(12-16)19(3)13-15-8-6-5-7-9-15;/h5-12H,4,13H2,1-3H3;1H. The van der Waals surface area contributed by atoms with Crippen molar-refractivity contribution < 1.29 is 4.79 Å². The van der Waals surface area contributed by atoms with Gasteiger partial charge < -0.3 is 4.90 Å². The van der Waals surface area contributed by atoms with Gasteiger partial charge in [-0.3, -0.25) is 4.79 Å². The summed E-state index contributed by atoms with van der Waals surface area (Å²) in [6.07, 6.45) is 0.547. The summed E-state index contributed by atoms with van der Waals surface area (Å²) in [7, 11) is 2.07. The molecule has 0 fully saturated rings.